The fourth-order valence-electron chi connectivity index (χ4n) is 0.370. The van der Waals surface area contributed by atoms with Gasteiger partial charge in [0.2, 0.25) is 0 Å². The average molecular weight is 144 g/mol. The van der Waals surface area contributed by atoms with Gasteiger partial charge in [-0.05, 0) is 19.4 Å². The Morgan fingerprint density at radius 3 is 2.40 bits per heavy atom. The first-order chi connectivity index (χ1) is 4.77. The summed E-state index contributed by atoms with van der Waals surface area (Å²) in [6, 6.07) is 0. The van der Waals surface area contributed by atoms with E-state index in [0.717, 1.165) is 5.57 Å². The van der Waals surface area contributed by atoms with Crippen LogP contribution < -0.4 is 0 Å². The minimum atomic E-state index is 0.313. The molecule has 0 rings (SSSR count). The normalized spacial score (nSPS) is 8.20. The molecule has 0 bridgehead atoms. The van der Waals surface area contributed by atoms with Crippen LogP contribution in [-0.4, -0.2) is 19.7 Å². The van der Waals surface area contributed by atoms with Crippen molar-refractivity contribution in [1.29, 1.82) is 0 Å². The van der Waals surface area contributed by atoms with Crippen molar-refractivity contribution >= 4 is 6.47 Å². The summed E-state index contributed by atoms with van der Waals surface area (Å²) in [5.41, 5.74) is 1.09. The first-order valence-electron chi connectivity index (χ1n) is 3.07. The zero-order valence-electron chi connectivity index (χ0n) is 6.29. The topological polar surface area (TPSA) is 35.5 Å². The molecule has 0 aromatic rings. The number of hydrogen-bond acceptors (Lipinski definition) is 3. The molecular formula is C7H12O3. The van der Waals surface area contributed by atoms with Crippen LogP contribution in [0.4, 0.5) is 0 Å². The number of carbonyl (C=O) groups is 1. The van der Waals surface area contributed by atoms with Gasteiger partial charge in [0.1, 0.15) is 13.2 Å². The van der Waals surface area contributed by atoms with Gasteiger partial charge >= 0.3 is 0 Å². The van der Waals surface area contributed by atoms with Crippen LogP contribution in [0.3, 0.4) is 0 Å². The molecule has 0 unspecified atom stereocenters. The van der Waals surface area contributed by atoms with Gasteiger partial charge in [0.25, 0.3) is 6.47 Å². The lowest BCUT2D eigenvalue weighted by molar-refractivity contribution is -0.129. The number of allylic oxidation sites excluding steroid dienone is 1. The van der Waals surface area contributed by atoms with Crippen molar-refractivity contribution in [2.45, 2.75) is 13.8 Å². The largest absolute Gasteiger partial charge is 0.498 e. The van der Waals surface area contributed by atoms with Crippen LogP contribution in [0.5, 0.6) is 0 Å². The zero-order valence-corrected chi connectivity index (χ0v) is 6.29. The second-order valence-corrected chi connectivity index (χ2v) is 2.03. The molecule has 0 aliphatic rings. The zero-order chi connectivity index (χ0) is 7.82. The molecule has 10 heavy (non-hydrogen) atoms. The van der Waals surface area contributed by atoms with Crippen molar-refractivity contribution in [3.8, 4) is 0 Å². The molecule has 0 aromatic carbocycles. The molecule has 0 amide bonds. The average Bonchev–Trinajstić information content (AvgIpc) is 1.87. The molecule has 0 saturated carbocycles. The third-order valence-electron chi connectivity index (χ3n) is 0.706. The summed E-state index contributed by atoms with van der Waals surface area (Å²) in [6.07, 6.45) is 1.63. The van der Waals surface area contributed by atoms with Crippen molar-refractivity contribution in [1.82, 2.24) is 0 Å². The van der Waals surface area contributed by atoms with Gasteiger partial charge in [-0.3, -0.25) is 4.79 Å². The summed E-state index contributed by atoms with van der Waals surface area (Å²) >= 11 is 0. The molecule has 0 aliphatic carbocycles. The summed E-state index contributed by atoms with van der Waals surface area (Å²) in [7, 11) is 0. The van der Waals surface area contributed by atoms with Gasteiger partial charge in [0, 0.05) is 0 Å². The maximum absolute atomic E-state index is 9.61. The number of carbonyl (C=O) groups excluding carboxylic acids is 1. The molecular weight excluding hydrogens is 132 g/mol. The Morgan fingerprint density at radius 1 is 1.30 bits per heavy atom. The Labute approximate surface area is 60.6 Å². The first-order valence-corrected chi connectivity index (χ1v) is 3.07. The van der Waals surface area contributed by atoms with Gasteiger partial charge in [-0.2, -0.15) is 0 Å². The Morgan fingerprint density at radius 2 is 1.90 bits per heavy atom. The number of ether oxygens (including phenoxy) is 2. The van der Waals surface area contributed by atoms with E-state index in [-0.39, 0.29) is 0 Å². The van der Waals surface area contributed by atoms with Gasteiger partial charge < -0.3 is 9.47 Å². The smallest absolute Gasteiger partial charge is 0.293 e. The maximum Gasteiger partial charge on any atom is 0.293 e. The quantitative estimate of drug-likeness (QED) is 0.329. The van der Waals surface area contributed by atoms with E-state index in [1.807, 2.05) is 13.8 Å². The van der Waals surface area contributed by atoms with Crippen LogP contribution >= 0.6 is 0 Å². The Kier molecular flexibility index (Phi) is 5.53. The summed E-state index contributed by atoms with van der Waals surface area (Å²) in [5.74, 6) is 0. The predicted octanol–water partition coefficient (Wildman–Crippen LogP) is 1.10. The molecule has 3 nitrogen and oxygen atoms in total. The van der Waals surface area contributed by atoms with Crippen LogP contribution in [0, 0.1) is 0 Å². The number of rotatable bonds is 5. The van der Waals surface area contributed by atoms with E-state index in [0.29, 0.717) is 19.7 Å². The van der Waals surface area contributed by atoms with Crippen LogP contribution in [0.1, 0.15) is 13.8 Å². The predicted molar refractivity (Wildman–Crippen MR) is 37.4 cm³/mol. The number of hydrogen-bond donors (Lipinski definition) is 0. The molecule has 0 saturated heterocycles. The molecule has 0 radical (unpaired) electrons. The van der Waals surface area contributed by atoms with Gasteiger partial charge in [0.15, 0.2) is 0 Å². The maximum atomic E-state index is 9.61. The lowest BCUT2D eigenvalue weighted by atomic mass is 10.4. The SMILES string of the molecule is CC(C)=COCCOC=O. The molecule has 0 atom stereocenters. The standard InChI is InChI=1S/C7H12O3/c1-7(2)5-9-3-4-10-6-8/h5-6H,3-4H2,1-2H3. The van der Waals surface area contributed by atoms with E-state index in [4.69, 9.17) is 4.74 Å². The Balaban J connectivity index is 3.05. The Bertz CT molecular complexity index is 114. The van der Waals surface area contributed by atoms with E-state index in [1.54, 1.807) is 6.26 Å². The highest BCUT2D eigenvalue weighted by Gasteiger charge is 1.82. The van der Waals surface area contributed by atoms with Crippen molar-refractivity contribution < 1.29 is 14.3 Å². The van der Waals surface area contributed by atoms with Crippen molar-refractivity contribution in [2.75, 3.05) is 13.2 Å². The summed E-state index contributed by atoms with van der Waals surface area (Å²) in [6.45, 7) is 5.00. The van der Waals surface area contributed by atoms with Crippen LogP contribution in [0.15, 0.2) is 11.8 Å². The molecule has 0 spiro atoms. The third-order valence-corrected chi connectivity index (χ3v) is 0.706. The van der Waals surface area contributed by atoms with Crippen LogP contribution in [-0.2, 0) is 14.3 Å². The van der Waals surface area contributed by atoms with Crippen LogP contribution in [0.2, 0.25) is 0 Å². The fourth-order valence-corrected chi connectivity index (χ4v) is 0.370. The third kappa shape index (κ3) is 7.01. The molecule has 0 aliphatic heterocycles. The van der Waals surface area contributed by atoms with E-state index in [9.17, 15) is 4.79 Å². The second kappa shape index (κ2) is 6.13. The first kappa shape index (κ1) is 9.01. The second-order valence-electron chi connectivity index (χ2n) is 2.03. The monoisotopic (exact) mass is 144 g/mol. The van der Waals surface area contributed by atoms with Crippen molar-refractivity contribution in [3.05, 3.63) is 11.8 Å². The fraction of sp³-hybridized carbons (Fsp3) is 0.571. The minimum Gasteiger partial charge on any atom is -0.498 e. The molecule has 3 heteroatoms. The van der Waals surface area contributed by atoms with Gasteiger partial charge in [-0.15, -0.1) is 0 Å². The van der Waals surface area contributed by atoms with E-state index in [1.165, 1.54) is 0 Å². The molecule has 58 valence electrons. The van der Waals surface area contributed by atoms with E-state index < -0.39 is 0 Å². The van der Waals surface area contributed by atoms with Gasteiger partial charge in [-0.25, -0.2) is 0 Å². The lowest BCUT2D eigenvalue weighted by Gasteiger charge is -1.98. The van der Waals surface area contributed by atoms with Crippen molar-refractivity contribution in [3.63, 3.8) is 0 Å². The van der Waals surface area contributed by atoms with E-state index in [2.05, 4.69) is 4.74 Å². The molecule has 0 N–H and O–H groups in total. The van der Waals surface area contributed by atoms with Crippen molar-refractivity contribution in [2.24, 2.45) is 0 Å². The highest BCUT2D eigenvalue weighted by molar-refractivity contribution is 5.36. The molecule has 0 fully saturated rings. The summed E-state index contributed by atoms with van der Waals surface area (Å²) in [4.78, 5) is 9.61. The summed E-state index contributed by atoms with van der Waals surface area (Å²) < 4.78 is 9.33. The lowest BCUT2D eigenvalue weighted by Crippen LogP contribution is -1.99. The van der Waals surface area contributed by atoms with E-state index >= 15 is 0 Å². The highest BCUT2D eigenvalue weighted by atomic mass is 16.5. The highest BCUT2D eigenvalue weighted by Crippen LogP contribution is 1.88. The minimum absolute atomic E-state index is 0.313. The van der Waals surface area contributed by atoms with Gasteiger partial charge in [-0.1, -0.05) is 0 Å². The van der Waals surface area contributed by atoms with Crippen LogP contribution in [0.25, 0.3) is 0 Å². The molecule has 0 aromatic heterocycles. The van der Waals surface area contributed by atoms with Gasteiger partial charge in [0.05, 0.1) is 6.26 Å². The summed E-state index contributed by atoms with van der Waals surface area (Å²) in [5, 5.41) is 0. The Hall–Kier alpha value is -0.990. The molecule has 0 heterocycles.